The predicted molar refractivity (Wildman–Crippen MR) is 65.1 cm³/mol. The number of benzene rings is 1. The molecular formula is C14H18N2. The van der Waals surface area contributed by atoms with Crippen molar-refractivity contribution in [2.75, 3.05) is 0 Å². The molecule has 0 bridgehead atoms. The van der Waals surface area contributed by atoms with Gasteiger partial charge in [-0.1, -0.05) is 31.2 Å². The smallest absolute Gasteiger partial charge is 0.0638 e. The molecule has 84 valence electrons. The number of nitrogens with one attached hydrogen (secondary N) is 1. The molecule has 0 aromatic heterocycles. The van der Waals surface area contributed by atoms with Crippen LogP contribution < -0.4 is 5.32 Å². The van der Waals surface area contributed by atoms with Crippen molar-refractivity contribution < 1.29 is 0 Å². The summed E-state index contributed by atoms with van der Waals surface area (Å²) in [7, 11) is 0. The van der Waals surface area contributed by atoms with E-state index in [0.717, 1.165) is 19.3 Å². The average molecular weight is 214 g/mol. The highest BCUT2D eigenvalue weighted by Gasteiger charge is 2.22. The lowest BCUT2D eigenvalue weighted by Gasteiger charge is -2.19. The Hall–Kier alpha value is -1.33. The first-order valence-corrected chi connectivity index (χ1v) is 6.03. The van der Waals surface area contributed by atoms with E-state index in [4.69, 9.17) is 5.26 Å². The standard InChI is InChI=1S/C14H18N2/c1-2-13(7-8-15)16-14-9-11-5-3-4-6-12(11)10-14/h3-6,13-14,16H,2,7,9-10H2,1H3. The van der Waals surface area contributed by atoms with Crippen LogP contribution in [0.1, 0.15) is 30.9 Å². The fourth-order valence-corrected chi connectivity index (χ4v) is 2.44. The molecular weight excluding hydrogens is 196 g/mol. The maximum absolute atomic E-state index is 8.73. The molecule has 16 heavy (non-hydrogen) atoms. The van der Waals surface area contributed by atoms with E-state index in [1.165, 1.54) is 11.1 Å². The van der Waals surface area contributed by atoms with Crippen molar-refractivity contribution >= 4 is 0 Å². The Morgan fingerprint density at radius 3 is 2.50 bits per heavy atom. The topological polar surface area (TPSA) is 35.8 Å². The second-order valence-corrected chi connectivity index (χ2v) is 4.51. The summed E-state index contributed by atoms with van der Waals surface area (Å²) < 4.78 is 0. The lowest BCUT2D eigenvalue weighted by atomic mass is 10.1. The van der Waals surface area contributed by atoms with Crippen molar-refractivity contribution in [2.45, 2.75) is 44.7 Å². The molecule has 0 fully saturated rings. The highest BCUT2D eigenvalue weighted by Crippen LogP contribution is 2.22. The van der Waals surface area contributed by atoms with E-state index in [9.17, 15) is 0 Å². The minimum absolute atomic E-state index is 0.351. The summed E-state index contributed by atoms with van der Waals surface area (Å²) in [5.74, 6) is 0. The lowest BCUT2D eigenvalue weighted by Crippen LogP contribution is -2.38. The Labute approximate surface area is 97.3 Å². The number of nitrogens with zero attached hydrogens (tertiary/aromatic N) is 1. The molecule has 0 amide bonds. The maximum Gasteiger partial charge on any atom is 0.0638 e. The Bertz CT molecular complexity index is 367. The SMILES string of the molecule is CCC(CC#N)NC1Cc2ccccc2C1. The molecule has 2 heteroatoms. The van der Waals surface area contributed by atoms with E-state index in [0.29, 0.717) is 18.5 Å². The van der Waals surface area contributed by atoms with Crippen LogP contribution in [-0.4, -0.2) is 12.1 Å². The van der Waals surface area contributed by atoms with E-state index in [1.807, 2.05) is 0 Å². The fourth-order valence-electron chi connectivity index (χ4n) is 2.44. The first-order chi connectivity index (χ1) is 7.83. The molecule has 0 aliphatic heterocycles. The summed E-state index contributed by atoms with van der Waals surface area (Å²) in [5, 5.41) is 12.3. The van der Waals surface area contributed by atoms with Crippen LogP contribution >= 0.6 is 0 Å². The average Bonchev–Trinajstić information content (AvgIpc) is 2.70. The molecule has 0 heterocycles. The zero-order chi connectivity index (χ0) is 11.4. The molecule has 1 aliphatic rings. The predicted octanol–water partition coefficient (Wildman–Crippen LogP) is 2.44. The zero-order valence-electron chi connectivity index (χ0n) is 9.74. The number of fused-ring (bicyclic) bond motifs is 1. The third-order valence-electron chi connectivity index (χ3n) is 3.35. The van der Waals surface area contributed by atoms with Crippen molar-refractivity contribution in [1.82, 2.24) is 5.32 Å². The third kappa shape index (κ3) is 2.43. The quantitative estimate of drug-likeness (QED) is 0.835. The third-order valence-corrected chi connectivity index (χ3v) is 3.35. The van der Waals surface area contributed by atoms with Gasteiger partial charge >= 0.3 is 0 Å². The largest absolute Gasteiger partial charge is 0.310 e. The summed E-state index contributed by atoms with van der Waals surface area (Å²) in [6.07, 6.45) is 3.86. The van der Waals surface area contributed by atoms with E-state index in [-0.39, 0.29) is 0 Å². The van der Waals surface area contributed by atoms with Crippen molar-refractivity contribution in [3.63, 3.8) is 0 Å². The van der Waals surface area contributed by atoms with E-state index >= 15 is 0 Å². The molecule has 0 saturated heterocycles. The van der Waals surface area contributed by atoms with Crippen LogP contribution in [0.3, 0.4) is 0 Å². The molecule has 1 aliphatic carbocycles. The summed E-state index contributed by atoms with van der Waals surface area (Å²) in [6.45, 7) is 2.14. The molecule has 1 atom stereocenters. The highest BCUT2D eigenvalue weighted by molar-refractivity contribution is 5.33. The maximum atomic E-state index is 8.73. The number of hydrogen-bond donors (Lipinski definition) is 1. The van der Waals surface area contributed by atoms with Gasteiger partial charge < -0.3 is 5.32 Å². The van der Waals surface area contributed by atoms with Crippen LogP contribution in [0.4, 0.5) is 0 Å². The van der Waals surface area contributed by atoms with Gasteiger partial charge in [0.05, 0.1) is 12.5 Å². The molecule has 0 radical (unpaired) electrons. The van der Waals surface area contributed by atoms with Crippen molar-refractivity contribution in [3.05, 3.63) is 35.4 Å². The molecule has 2 rings (SSSR count). The molecule has 1 N–H and O–H groups in total. The van der Waals surface area contributed by atoms with Gasteiger partial charge in [-0.15, -0.1) is 0 Å². The van der Waals surface area contributed by atoms with Crippen LogP contribution in [0, 0.1) is 11.3 Å². The van der Waals surface area contributed by atoms with Crippen LogP contribution in [0.15, 0.2) is 24.3 Å². The van der Waals surface area contributed by atoms with Crippen LogP contribution in [0.2, 0.25) is 0 Å². The van der Waals surface area contributed by atoms with Crippen molar-refractivity contribution in [3.8, 4) is 6.07 Å². The number of rotatable bonds is 4. The molecule has 2 nitrogen and oxygen atoms in total. The number of nitriles is 1. The van der Waals surface area contributed by atoms with Crippen LogP contribution in [0.25, 0.3) is 0 Å². The van der Waals surface area contributed by atoms with Gasteiger partial charge in [-0.3, -0.25) is 0 Å². The van der Waals surface area contributed by atoms with Gasteiger partial charge in [0.15, 0.2) is 0 Å². The Morgan fingerprint density at radius 2 is 2.00 bits per heavy atom. The normalized spacial score (nSPS) is 16.8. The van der Waals surface area contributed by atoms with Gasteiger partial charge in [0, 0.05) is 12.1 Å². The number of hydrogen-bond acceptors (Lipinski definition) is 2. The van der Waals surface area contributed by atoms with Gasteiger partial charge in [0.2, 0.25) is 0 Å². The van der Waals surface area contributed by atoms with Gasteiger partial charge in [-0.25, -0.2) is 0 Å². The second-order valence-electron chi connectivity index (χ2n) is 4.51. The van der Waals surface area contributed by atoms with Gasteiger partial charge in [-0.2, -0.15) is 5.26 Å². The fraction of sp³-hybridized carbons (Fsp3) is 0.500. The molecule has 1 aromatic rings. The molecule has 1 unspecified atom stereocenters. The first-order valence-electron chi connectivity index (χ1n) is 6.03. The van der Waals surface area contributed by atoms with E-state index in [1.54, 1.807) is 0 Å². The Balaban J connectivity index is 1.94. The van der Waals surface area contributed by atoms with Gasteiger partial charge in [0.25, 0.3) is 0 Å². The summed E-state index contributed by atoms with van der Waals surface area (Å²) in [4.78, 5) is 0. The van der Waals surface area contributed by atoms with Crippen molar-refractivity contribution in [1.29, 1.82) is 5.26 Å². The summed E-state index contributed by atoms with van der Waals surface area (Å²) >= 11 is 0. The Morgan fingerprint density at radius 1 is 1.38 bits per heavy atom. The minimum atomic E-state index is 0.351. The van der Waals surface area contributed by atoms with Gasteiger partial charge in [0.1, 0.15) is 0 Å². The lowest BCUT2D eigenvalue weighted by molar-refractivity contribution is 0.429. The molecule has 1 aromatic carbocycles. The zero-order valence-corrected chi connectivity index (χ0v) is 9.74. The van der Waals surface area contributed by atoms with E-state index in [2.05, 4.69) is 42.6 Å². The second kappa shape index (κ2) is 5.14. The first kappa shape index (κ1) is 11.2. The molecule has 0 saturated carbocycles. The summed E-state index contributed by atoms with van der Waals surface area (Å²) in [6, 6.07) is 11.8. The molecule has 0 spiro atoms. The Kier molecular flexibility index (Phi) is 3.58. The minimum Gasteiger partial charge on any atom is -0.310 e. The van der Waals surface area contributed by atoms with Crippen LogP contribution in [-0.2, 0) is 12.8 Å². The van der Waals surface area contributed by atoms with Gasteiger partial charge in [-0.05, 0) is 30.4 Å². The monoisotopic (exact) mass is 214 g/mol. The van der Waals surface area contributed by atoms with Crippen molar-refractivity contribution in [2.24, 2.45) is 0 Å². The highest BCUT2D eigenvalue weighted by atomic mass is 14.9. The van der Waals surface area contributed by atoms with Crippen LogP contribution in [0.5, 0.6) is 0 Å². The summed E-state index contributed by atoms with van der Waals surface area (Å²) in [5.41, 5.74) is 2.93. The van der Waals surface area contributed by atoms with E-state index < -0.39 is 0 Å².